The number of fused-ring (bicyclic) bond motifs is 2. The van der Waals surface area contributed by atoms with Crippen molar-refractivity contribution in [2.45, 2.75) is 30.6 Å². The summed E-state index contributed by atoms with van der Waals surface area (Å²) in [5.74, 6) is 0. The molecule has 2 heterocycles. The monoisotopic (exact) mass is 234 g/mol. The molecule has 7 heteroatoms. The summed E-state index contributed by atoms with van der Waals surface area (Å²) in [6.45, 7) is -0.404. The number of likely N-dealkylation sites (N-methyl/N-ethyl adjacent to an activating group) is 1. The molecule has 0 spiro atoms. The highest BCUT2D eigenvalue weighted by atomic mass is 32.1. The SMILES string of the molecule is CN1C(=S)N[C@@H]2[C@@H](O)[C@H]1O[C@@H]2[C@H](O)CO. The number of aliphatic hydroxyl groups is 3. The summed E-state index contributed by atoms with van der Waals surface area (Å²) in [5.41, 5.74) is 0. The van der Waals surface area contributed by atoms with E-state index in [1.54, 1.807) is 11.9 Å². The van der Waals surface area contributed by atoms with E-state index in [2.05, 4.69) is 5.32 Å². The molecule has 2 saturated heterocycles. The minimum absolute atomic E-state index is 0.404. The molecular formula is C8H14N2O4S. The Morgan fingerprint density at radius 2 is 2.33 bits per heavy atom. The number of rotatable bonds is 2. The summed E-state index contributed by atoms with van der Waals surface area (Å²) < 4.78 is 5.45. The van der Waals surface area contributed by atoms with Crippen LogP contribution in [0.3, 0.4) is 0 Å². The van der Waals surface area contributed by atoms with Crippen LogP contribution in [0.25, 0.3) is 0 Å². The van der Waals surface area contributed by atoms with Gasteiger partial charge < -0.3 is 30.3 Å². The van der Waals surface area contributed by atoms with Crippen molar-refractivity contribution in [2.24, 2.45) is 0 Å². The summed E-state index contributed by atoms with van der Waals surface area (Å²) in [5, 5.41) is 31.5. The Labute approximate surface area is 92.4 Å². The van der Waals surface area contributed by atoms with E-state index < -0.39 is 37.2 Å². The number of aliphatic hydroxyl groups excluding tert-OH is 3. The van der Waals surface area contributed by atoms with Crippen LogP contribution in [-0.2, 0) is 4.74 Å². The second kappa shape index (κ2) is 3.84. The first-order valence-electron chi connectivity index (χ1n) is 4.72. The number of hydrogen-bond donors (Lipinski definition) is 4. The fourth-order valence-corrected chi connectivity index (χ4v) is 2.22. The van der Waals surface area contributed by atoms with Crippen molar-refractivity contribution in [1.82, 2.24) is 10.2 Å². The van der Waals surface area contributed by atoms with Crippen molar-refractivity contribution >= 4 is 17.3 Å². The third kappa shape index (κ3) is 1.60. The van der Waals surface area contributed by atoms with Gasteiger partial charge in [0.05, 0.1) is 12.6 Å². The molecule has 2 fully saturated rings. The molecule has 0 amide bonds. The highest BCUT2D eigenvalue weighted by Crippen LogP contribution is 2.29. The van der Waals surface area contributed by atoms with E-state index in [0.717, 1.165) is 0 Å². The molecule has 2 bridgehead atoms. The van der Waals surface area contributed by atoms with E-state index in [1.807, 2.05) is 0 Å². The standard InChI is InChI=1S/C8H14N2O4S/c1-10-7-5(13)4(9-8(10)15)6(14-7)3(12)2-11/h3-7,11-13H,2H2,1H3,(H,9,15)/t3-,4-,5-,6-,7-/m1/s1. The van der Waals surface area contributed by atoms with Crippen LogP contribution in [-0.4, -0.2) is 69.6 Å². The first-order valence-corrected chi connectivity index (χ1v) is 5.13. The topological polar surface area (TPSA) is 85.2 Å². The normalized spacial score (nSPS) is 41.6. The Balaban J connectivity index is 2.18. The molecule has 0 aromatic rings. The minimum atomic E-state index is -1.02. The molecule has 0 saturated carbocycles. The predicted molar refractivity (Wildman–Crippen MR) is 55.0 cm³/mol. The van der Waals surface area contributed by atoms with Crippen molar-refractivity contribution < 1.29 is 20.1 Å². The number of nitrogens with one attached hydrogen (secondary N) is 1. The third-order valence-electron chi connectivity index (χ3n) is 2.87. The minimum Gasteiger partial charge on any atom is -0.394 e. The fourth-order valence-electron chi connectivity index (χ4n) is 1.98. The van der Waals surface area contributed by atoms with Crippen molar-refractivity contribution in [3.8, 4) is 0 Å². The first kappa shape index (κ1) is 11.0. The van der Waals surface area contributed by atoms with Crippen LogP contribution in [0.5, 0.6) is 0 Å². The van der Waals surface area contributed by atoms with E-state index in [9.17, 15) is 10.2 Å². The number of nitrogens with zero attached hydrogens (tertiary/aromatic N) is 1. The predicted octanol–water partition coefficient (Wildman–Crippen LogP) is -2.39. The second-order valence-corrected chi connectivity index (χ2v) is 4.20. The lowest BCUT2D eigenvalue weighted by molar-refractivity contribution is -0.0916. The largest absolute Gasteiger partial charge is 0.394 e. The number of ether oxygens (including phenoxy) is 1. The fraction of sp³-hybridized carbons (Fsp3) is 0.875. The molecule has 4 N–H and O–H groups in total. The zero-order valence-electron chi connectivity index (χ0n) is 8.20. The van der Waals surface area contributed by atoms with E-state index in [1.165, 1.54) is 0 Å². The second-order valence-electron chi connectivity index (χ2n) is 3.82. The molecule has 0 aliphatic carbocycles. The van der Waals surface area contributed by atoms with Gasteiger partial charge in [0.15, 0.2) is 11.3 Å². The highest BCUT2D eigenvalue weighted by Gasteiger charge is 2.52. The summed E-state index contributed by atoms with van der Waals surface area (Å²) in [6, 6.07) is -0.458. The van der Waals surface area contributed by atoms with Crippen LogP contribution in [0.15, 0.2) is 0 Å². The maximum atomic E-state index is 9.83. The van der Waals surface area contributed by atoms with Crippen LogP contribution < -0.4 is 5.32 Å². The van der Waals surface area contributed by atoms with Gasteiger partial charge in [0, 0.05) is 7.05 Å². The molecule has 6 nitrogen and oxygen atoms in total. The molecule has 5 atom stereocenters. The highest BCUT2D eigenvalue weighted by molar-refractivity contribution is 7.80. The van der Waals surface area contributed by atoms with Gasteiger partial charge >= 0.3 is 0 Å². The molecule has 0 aromatic heterocycles. The van der Waals surface area contributed by atoms with E-state index in [-0.39, 0.29) is 0 Å². The Hall–Kier alpha value is -0.470. The summed E-state index contributed by atoms with van der Waals surface area (Å²) in [7, 11) is 1.70. The Morgan fingerprint density at radius 3 is 2.93 bits per heavy atom. The molecule has 2 aliphatic rings. The zero-order chi connectivity index (χ0) is 11.2. The molecule has 0 aromatic carbocycles. The van der Waals surface area contributed by atoms with Crippen molar-refractivity contribution in [3.05, 3.63) is 0 Å². The Bertz CT molecular complexity index is 277. The van der Waals surface area contributed by atoms with Gasteiger partial charge in [0.2, 0.25) is 0 Å². The smallest absolute Gasteiger partial charge is 0.171 e. The lowest BCUT2D eigenvalue weighted by atomic mass is 10.0. The zero-order valence-corrected chi connectivity index (χ0v) is 9.02. The Kier molecular flexibility index (Phi) is 2.82. The average Bonchev–Trinajstić information content (AvgIpc) is 2.46. The van der Waals surface area contributed by atoms with Crippen molar-refractivity contribution in [2.75, 3.05) is 13.7 Å². The van der Waals surface area contributed by atoms with Crippen LogP contribution in [0.4, 0.5) is 0 Å². The quantitative estimate of drug-likeness (QED) is 0.397. The molecule has 2 rings (SSSR count). The van der Waals surface area contributed by atoms with E-state index in [4.69, 9.17) is 22.1 Å². The first-order chi connectivity index (χ1) is 7.06. The average molecular weight is 234 g/mol. The summed E-state index contributed by atoms with van der Waals surface area (Å²) in [4.78, 5) is 1.60. The van der Waals surface area contributed by atoms with Crippen LogP contribution in [0, 0.1) is 0 Å². The lowest BCUT2D eigenvalue weighted by Gasteiger charge is -2.35. The third-order valence-corrected chi connectivity index (χ3v) is 3.27. The van der Waals surface area contributed by atoms with Crippen LogP contribution in [0.1, 0.15) is 0 Å². The van der Waals surface area contributed by atoms with Crippen LogP contribution in [0.2, 0.25) is 0 Å². The summed E-state index contributed by atoms with van der Waals surface area (Å²) >= 11 is 5.03. The molecule has 0 radical (unpaired) electrons. The molecular weight excluding hydrogens is 220 g/mol. The van der Waals surface area contributed by atoms with Gasteiger partial charge in [-0.25, -0.2) is 0 Å². The van der Waals surface area contributed by atoms with Crippen LogP contribution >= 0.6 is 12.2 Å². The maximum absolute atomic E-state index is 9.83. The molecule has 86 valence electrons. The summed E-state index contributed by atoms with van der Waals surface area (Å²) in [6.07, 6.45) is -2.96. The van der Waals surface area contributed by atoms with Gasteiger partial charge in [-0.05, 0) is 12.2 Å². The Morgan fingerprint density at radius 1 is 1.67 bits per heavy atom. The van der Waals surface area contributed by atoms with Gasteiger partial charge in [0.1, 0.15) is 18.3 Å². The van der Waals surface area contributed by atoms with Gasteiger partial charge in [-0.3, -0.25) is 0 Å². The van der Waals surface area contributed by atoms with Crippen molar-refractivity contribution in [1.29, 1.82) is 0 Å². The van der Waals surface area contributed by atoms with E-state index >= 15 is 0 Å². The number of thiocarbonyl (C=S) groups is 1. The van der Waals surface area contributed by atoms with Crippen molar-refractivity contribution in [3.63, 3.8) is 0 Å². The van der Waals surface area contributed by atoms with Gasteiger partial charge in [-0.2, -0.15) is 0 Å². The molecule has 0 unspecified atom stereocenters. The maximum Gasteiger partial charge on any atom is 0.171 e. The molecule has 2 aliphatic heterocycles. The van der Waals surface area contributed by atoms with Gasteiger partial charge in [-0.15, -0.1) is 0 Å². The van der Waals surface area contributed by atoms with Gasteiger partial charge in [0.25, 0.3) is 0 Å². The molecule has 15 heavy (non-hydrogen) atoms. The van der Waals surface area contributed by atoms with E-state index in [0.29, 0.717) is 5.11 Å². The number of hydrogen-bond acceptors (Lipinski definition) is 5. The lowest BCUT2D eigenvalue weighted by Crippen LogP contribution is -2.61. The van der Waals surface area contributed by atoms with Gasteiger partial charge in [-0.1, -0.05) is 0 Å².